The van der Waals surface area contributed by atoms with Crippen LogP contribution in [0.5, 0.6) is 0 Å². The van der Waals surface area contributed by atoms with E-state index in [-0.39, 0.29) is 0 Å². The predicted octanol–water partition coefficient (Wildman–Crippen LogP) is 4.45. The van der Waals surface area contributed by atoms with Crippen LogP contribution in [0, 0.1) is 5.21 Å². The van der Waals surface area contributed by atoms with Gasteiger partial charge >= 0.3 is 0 Å². The van der Waals surface area contributed by atoms with Crippen molar-refractivity contribution in [2.45, 2.75) is 50.7 Å². The fraction of sp³-hybridized carbons (Fsp3) is 0.400. The van der Waals surface area contributed by atoms with Crippen LogP contribution in [0.2, 0.25) is 5.02 Å². The molecule has 2 aliphatic rings. The Morgan fingerprint density at radius 3 is 2.82 bits per heavy atom. The number of nitrogens with one attached hydrogen (secondary N) is 1. The van der Waals surface area contributed by atoms with Crippen LogP contribution in [0.25, 0.3) is 0 Å². The summed E-state index contributed by atoms with van der Waals surface area (Å²) in [6.07, 6.45) is 4.31. The van der Waals surface area contributed by atoms with Crippen LogP contribution in [0.1, 0.15) is 45.3 Å². The Morgan fingerprint density at radius 2 is 2.11 bits per heavy atom. The van der Waals surface area contributed by atoms with Crippen LogP contribution in [-0.2, 0) is 0 Å². The van der Waals surface area contributed by atoms with E-state index in [1.807, 2.05) is 12.1 Å². The average Bonchev–Trinajstić information content (AvgIpc) is 3.23. The highest BCUT2D eigenvalue weighted by Crippen LogP contribution is 2.42. The van der Waals surface area contributed by atoms with Crippen LogP contribution in [-0.4, -0.2) is 37.6 Å². The van der Waals surface area contributed by atoms with Crippen molar-refractivity contribution in [2.24, 2.45) is 5.10 Å². The fourth-order valence-electron chi connectivity index (χ4n) is 4.19. The van der Waals surface area contributed by atoms with Gasteiger partial charge in [-0.25, -0.2) is 0 Å². The highest BCUT2D eigenvalue weighted by Gasteiger charge is 2.66. The van der Waals surface area contributed by atoms with E-state index in [1.165, 1.54) is 6.26 Å². The predicted molar refractivity (Wildman–Crippen MR) is 108 cm³/mol. The van der Waals surface area contributed by atoms with Gasteiger partial charge in [0.1, 0.15) is 11.3 Å². The number of nitrogens with zero attached hydrogens (tertiary/aromatic N) is 3. The van der Waals surface area contributed by atoms with Gasteiger partial charge in [-0.1, -0.05) is 17.7 Å². The lowest BCUT2D eigenvalue weighted by atomic mass is 9.86. The Morgan fingerprint density at radius 1 is 1.29 bits per heavy atom. The lowest BCUT2D eigenvalue weighted by Crippen LogP contribution is -2.60. The lowest BCUT2D eigenvalue weighted by Gasteiger charge is -2.38. The SMILES string of the molecule is CC1(C)C(c2ccco2)=[N+]([O-])[C@]2(CCCC/C2=N/Nc2cccc(Cl)c2)N1O. The molecular formula is C20H23ClN4O3. The minimum Gasteiger partial charge on any atom is -0.622 e. The van der Waals surface area contributed by atoms with Crippen LogP contribution >= 0.6 is 11.6 Å². The number of benzene rings is 1. The molecule has 2 N–H and O–H groups in total. The van der Waals surface area contributed by atoms with E-state index in [4.69, 9.17) is 16.0 Å². The van der Waals surface area contributed by atoms with Gasteiger partial charge in [0.15, 0.2) is 5.76 Å². The van der Waals surface area contributed by atoms with E-state index in [1.54, 1.807) is 38.1 Å². The molecule has 0 bridgehead atoms. The van der Waals surface area contributed by atoms with Crippen LogP contribution < -0.4 is 5.43 Å². The number of hydrogen-bond donors (Lipinski definition) is 2. The number of hydroxylamine groups is 3. The van der Waals surface area contributed by atoms with Crippen molar-refractivity contribution in [3.63, 3.8) is 0 Å². The molecule has 148 valence electrons. The fourth-order valence-corrected chi connectivity index (χ4v) is 4.38. The molecule has 1 aliphatic carbocycles. The molecule has 0 radical (unpaired) electrons. The summed E-state index contributed by atoms with van der Waals surface area (Å²) in [7, 11) is 0. The molecule has 1 fully saturated rings. The summed E-state index contributed by atoms with van der Waals surface area (Å²) in [4.78, 5) is 0. The Labute approximate surface area is 168 Å². The zero-order chi connectivity index (χ0) is 19.9. The summed E-state index contributed by atoms with van der Waals surface area (Å²) in [6, 6.07) is 10.7. The van der Waals surface area contributed by atoms with Gasteiger partial charge in [-0.05, 0) is 63.4 Å². The third-order valence-corrected chi connectivity index (χ3v) is 5.78. The van der Waals surface area contributed by atoms with Gasteiger partial charge in [-0.15, -0.1) is 5.06 Å². The maximum absolute atomic E-state index is 13.6. The normalized spacial score (nSPS) is 26.4. The van der Waals surface area contributed by atoms with E-state index in [2.05, 4.69) is 10.5 Å². The Bertz CT molecular complexity index is 939. The molecule has 1 saturated carbocycles. The zero-order valence-corrected chi connectivity index (χ0v) is 16.6. The van der Waals surface area contributed by atoms with E-state index >= 15 is 0 Å². The number of halogens is 1. The third kappa shape index (κ3) is 2.82. The maximum atomic E-state index is 13.6. The average molecular weight is 403 g/mol. The van der Waals surface area contributed by atoms with Crippen molar-refractivity contribution in [2.75, 3.05) is 5.43 Å². The van der Waals surface area contributed by atoms with Crippen molar-refractivity contribution in [1.29, 1.82) is 0 Å². The largest absolute Gasteiger partial charge is 0.622 e. The minimum absolute atomic E-state index is 0.386. The molecule has 28 heavy (non-hydrogen) atoms. The molecule has 0 saturated heterocycles. The highest BCUT2D eigenvalue weighted by atomic mass is 35.5. The van der Waals surface area contributed by atoms with Gasteiger partial charge in [-0.3, -0.25) is 5.43 Å². The zero-order valence-electron chi connectivity index (χ0n) is 15.9. The number of hydrogen-bond acceptors (Lipinski definition) is 6. The van der Waals surface area contributed by atoms with E-state index in [9.17, 15) is 10.4 Å². The van der Waals surface area contributed by atoms with Gasteiger partial charge < -0.3 is 14.8 Å². The summed E-state index contributed by atoms with van der Waals surface area (Å²) in [5, 5.41) is 31.0. The van der Waals surface area contributed by atoms with Crippen molar-refractivity contribution < 1.29 is 14.4 Å². The van der Waals surface area contributed by atoms with Crippen LogP contribution in [0.4, 0.5) is 5.69 Å². The van der Waals surface area contributed by atoms with Gasteiger partial charge in [-0.2, -0.15) is 9.84 Å². The number of furan rings is 1. The van der Waals surface area contributed by atoms with E-state index in [0.717, 1.165) is 28.3 Å². The number of rotatable bonds is 3. The Hall–Kier alpha value is -2.35. The first-order chi connectivity index (χ1) is 13.4. The smallest absolute Gasteiger partial charge is 0.292 e. The van der Waals surface area contributed by atoms with Gasteiger partial charge in [0.2, 0.25) is 0 Å². The van der Waals surface area contributed by atoms with Crippen molar-refractivity contribution in [3.8, 4) is 0 Å². The highest BCUT2D eigenvalue weighted by molar-refractivity contribution is 6.30. The molecule has 1 atom stereocenters. The second-order valence-electron chi connectivity index (χ2n) is 7.70. The topological polar surface area (TPSA) is 87.1 Å². The lowest BCUT2D eigenvalue weighted by molar-refractivity contribution is -0.568. The van der Waals surface area contributed by atoms with Crippen LogP contribution in [0.15, 0.2) is 52.2 Å². The first kappa shape index (κ1) is 19.0. The minimum atomic E-state index is -1.27. The Balaban J connectivity index is 1.79. The Kier molecular flexibility index (Phi) is 4.69. The summed E-state index contributed by atoms with van der Waals surface area (Å²) in [6.45, 7) is 3.61. The standard InChI is InChI=1S/C20H23ClN4O3/c1-19(2)18(16-9-6-12-28-16)24(26)20(25(19)27)11-4-3-10-17(20)23-22-15-8-5-7-14(21)13-15/h5-9,12-13,22,27H,3-4,10-11H2,1-2H3/b23-17-/t20-/m1/s1. The first-order valence-corrected chi connectivity index (χ1v) is 9.71. The van der Waals surface area contributed by atoms with Crippen molar-refractivity contribution in [3.05, 3.63) is 58.7 Å². The van der Waals surface area contributed by atoms with Crippen molar-refractivity contribution >= 4 is 28.7 Å². The van der Waals surface area contributed by atoms with E-state index in [0.29, 0.717) is 35.0 Å². The first-order valence-electron chi connectivity index (χ1n) is 9.34. The van der Waals surface area contributed by atoms with Gasteiger partial charge in [0, 0.05) is 11.4 Å². The monoisotopic (exact) mass is 402 g/mol. The van der Waals surface area contributed by atoms with Crippen LogP contribution in [0.3, 0.4) is 0 Å². The second kappa shape index (κ2) is 6.92. The number of anilines is 1. The van der Waals surface area contributed by atoms with E-state index < -0.39 is 11.2 Å². The summed E-state index contributed by atoms with van der Waals surface area (Å²) in [5.41, 5.74) is 2.48. The molecule has 1 aromatic heterocycles. The molecule has 7 nitrogen and oxygen atoms in total. The molecule has 2 aromatic rings. The van der Waals surface area contributed by atoms with Gasteiger partial charge in [0.25, 0.3) is 11.4 Å². The molecule has 0 amide bonds. The molecule has 1 spiro atoms. The quantitative estimate of drug-likeness (QED) is 0.449. The number of hydrazone groups is 1. The van der Waals surface area contributed by atoms with Crippen molar-refractivity contribution in [1.82, 2.24) is 5.06 Å². The molecule has 1 aromatic carbocycles. The molecule has 8 heteroatoms. The molecule has 1 aliphatic heterocycles. The summed E-state index contributed by atoms with van der Waals surface area (Å²) < 4.78 is 6.38. The molecular weight excluding hydrogens is 380 g/mol. The molecule has 2 heterocycles. The third-order valence-electron chi connectivity index (χ3n) is 5.55. The molecule has 4 rings (SSSR count). The maximum Gasteiger partial charge on any atom is 0.292 e. The summed E-state index contributed by atoms with van der Waals surface area (Å²) >= 11 is 6.04. The summed E-state index contributed by atoms with van der Waals surface area (Å²) in [5.74, 6) is 0.448. The second-order valence-corrected chi connectivity index (χ2v) is 8.13. The molecule has 0 unspecified atom stereocenters. The van der Waals surface area contributed by atoms with Gasteiger partial charge in [0.05, 0.1) is 12.0 Å².